The Hall–Kier alpha value is -0.610. The normalized spacial score (nSPS) is 33.4. The van der Waals surface area contributed by atoms with E-state index in [1.54, 1.807) is 5.06 Å². The number of hydrogen-bond donors (Lipinski definition) is 1. The molecule has 0 unspecified atom stereocenters. The van der Waals surface area contributed by atoms with E-state index in [2.05, 4.69) is 12.2 Å². The topological polar surface area (TPSA) is 41.6 Å². The minimum Gasteiger partial charge on any atom is -0.316 e. The maximum Gasteiger partial charge on any atom is 0.250 e. The molecule has 4 nitrogen and oxygen atoms in total. The zero-order chi connectivity index (χ0) is 9.97. The number of carbonyl (C=O) groups is 1. The zero-order valence-electron chi connectivity index (χ0n) is 8.66. The molecule has 14 heavy (non-hydrogen) atoms. The molecule has 80 valence electrons. The molecule has 1 amide bonds. The molecule has 0 aromatic carbocycles. The van der Waals surface area contributed by atoms with Crippen molar-refractivity contribution in [3.8, 4) is 0 Å². The highest BCUT2D eigenvalue weighted by Gasteiger charge is 2.33. The lowest BCUT2D eigenvalue weighted by Crippen LogP contribution is -2.41. The number of nitrogens with zero attached hydrogens (tertiary/aromatic N) is 1. The van der Waals surface area contributed by atoms with E-state index in [1.807, 2.05) is 0 Å². The van der Waals surface area contributed by atoms with Crippen LogP contribution in [-0.2, 0) is 9.63 Å². The summed E-state index contributed by atoms with van der Waals surface area (Å²) in [6, 6.07) is 0. The van der Waals surface area contributed by atoms with E-state index < -0.39 is 0 Å². The Labute approximate surface area is 84.6 Å². The number of nitrogens with one attached hydrogen (secondary N) is 1. The summed E-state index contributed by atoms with van der Waals surface area (Å²) in [5.74, 6) is 0.725. The Morgan fingerprint density at radius 1 is 1.43 bits per heavy atom. The third kappa shape index (κ3) is 1.91. The Kier molecular flexibility index (Phi) is 3.03. The van der Waals surface area contributed by atoms with Gasteiger partial charge in [0.15, 0.2) is 0 Å². The minimum absolute atomic E-state index is 0.119. The van der Waals surface area contributed by atoms with Crippen LogP contribution in [0.15, 0.2) is 0 Å². The monoisotopic (exact) mass is 198 g/mol. The quantitative estimate of drug-likeness (QED) is 0.663. The van der Waals surface area contributed by atoms with Crippen LogP contribution in [0.3, 0.4) is 0 Å². The maximum absolute atomic E-state index is 12.0. The Morgan fingerprint density at radius 3 is 2.86 bits per heavy atom. The van der Waals surface area contributed by atoms with Gasteiger partial charge in [-0.25, -0.2) is 5.06 Å². The molecule has 0 aliphatic carbocycles. The van der Waals surface area contributed by atoms with Crippen LogP contribution in [0.2, 0.25) is 0 Å². The van der Waals surface area contributed by atoms with Gasteiger partial charge in [0.05, 0.1) is 12.5 Å². The summed E-state index contributed by atoms with van der Waals surface area (Å²) >= 11 is 0. The fourth-order valence-electron chi connectivity index (χ4n) is 2.10. The fraction of sp³-hybridized carbons (Fsp3) is 0.900. The molecule has 0 aromatic heterocycles. The van der Waals surface area contributed by atoms with Gasteiger partial charge in [0.25, 0.3) is 5.91 Å². The van der Waals surface area contributed by atoms with Crippen molar-refractivity contribution >= 4 is 5.91 Å². The number of amides is 1. The Balaban J connectivity index is 1.92. The molecule has 2 aliphatic rings. The minimum atomic E-state index is 0.119. The molecule has 2 saturated heterocycles. The molecule has 2 aliphatic heterocycles. The lowest BCUT2D eigenvalue weighted by molar-refractivity contribution is -0.201. The second-order valence-corrected chi connectivity index (χ2v) is 4.22. The summed E-state index contributed by atoms with van der Waals surface area (Å²) in [7, 11) is 0. The number of hydrogen-bond acceptors (Lipinski definition) is 3. The molecule has 4 heteroatoms. The van der Waals surface area contributed by atoms with Gasteiger partial charge in [-0.2, -0.15) is 0 Å². The molecule has 0 aromatic rings. The van der Waals surface area contributed by atoms with Crippen molar-refractivity contribution in [2.75, 3.05) is 26.2 Å². The molecule has 0 radical (unpaired) electrons. The summed E-state index contributed by atoms with van der Waals surface area (Å²) in [4.78, 5) is 17.3. The van der Waals surface area contributed by atoms with Crippen molar-refractivity contribution in [2.24, 2.45) is 11.8 Å². The van der Waals surface area contributed by atoms with Gasteiger partial charge in [-0.1, -0.05) is 6.92 Å². The van der Waals surface area contributed by atoms with Gasteiger partial charge >= 0.3 is 0 Å². The fourth-order valence-corrected chi connectivity index (χ4v) is 2.10. The third-order valence-electron chi connectivity index (χ3n) is 3.08. The number of carbonyl (C=O) groups excluding carboxylic acids is 1. The number of hydroxylamine groups is 2. The van der Waals surface area contributed by atoms with Crippen molar-refractivity contribution in [3.05, 3.63) is 0 Å². The van der Waals surface area contributed by atoms with Crippen LogP contribution in [0, 0.1) is 11.8 Å². The molecule has 0 spiro atoms. The first kappa shape index (κ1) is 9.93. The summed E-state index contributed by atoms with van der Waals surface area (Å²) in [5, 5.41) is 4.81. The summed E-state index contributed by atoms with van der Waals surface area (Å²) in [6.07, 6.45) is 2.14. The van der Waals surface area contributed by atoms with Crippen LogP contribution < -0.4 is 5.32 Å². The van der Waals surface area contributed by atoms with Gasteiger partial charge in [-0.15, -0.1) is 0 Å². The molecule has 2 atom stereocenters. The Bertz CT molecular complexity index is 214. The van der Waals surface area contributed by atoms with Crippen molar-refractivity contribution in [1.29, 1.82) is 0 Å². The molecule has 2 rings (SSSR count). The van der Waals surface area contributed by atoms with Crippen molar-refractivity contribution in [1.82, 2.24) is 10.4 Å². The summed E-state index contributed by atoms with van der Waals surface area (Å²) in [5.41, 5.74) is 0. The number of rotatable bonds is 1. The predicted octanol–water partition coefficient (Wildman–Crippen LogP) is 0.396. The van der Waals surface area contributed by atoms with E-state index in [4.69, 9.17) is 4.84 Å². The van der Waals surface area contributed by atoms with Gasteiger partial charge in [-0.05, 0) is 25.3 Å². The predicted molar refractivity (Wildman–Crippen MR) is 52.4 cm³/mol. The van der Waals surface area contributed by atoms with Crippen molar-refractivity contribution in [3.63, 3.8) is 0 Å². The highest BCUT2D eigenvalue weighted by atomic mass is 16.7. The van der Waals surface area contributed by atoms with Gasteiger partial charge in [0.1, 0.15) is 0 Å². The van der Waals surface area contributed by atoms with Crippen molar-refractivity contribution < 1.29 is 9.63 Å². The van der Waals surface area contributed by atoms with E-state index in [0.717, 1.165) is 32.5 Å². The van der Waals surface area contributed by atoms with Crippen LogP contribution in [0.4, 0.5) is 0 Å². The highest BCUT2D eigenvalue weighted by molar-refractivity contribution is 5.78. The standard InChI is InChI=1S/C10H18N2O2/c1-8-6-11-7-9(8)10(13)12-4-2-3-5-14-12/h8-9,11H,2-7H2,1H3/t8-,9-/m1/s1. The zero-order valence-corrected chi connectivity index (χ0v) is 8.66. The molecule has 1 N–H and O–H groups in total. The van der Waals surface area contributed by atoms with E-state index >= 15 is 0 Å². The first-order chi connectivity index (χ1) is 6.79. The maximum atomic E-state index is 12.0. The van der Waals surface area contributed by atoms with E-state index in [1.165, 1.54) is 0 Å². The van der Waals surface area contributed by atoms with Crippen molar-refractivity contribution in [2.45, 2.75) is 19.8 Å². The third-order valence-corrected chi connectivity index (χ3v) is 3.08. The molecule has 0 saturated carbocycles. The lowest BCUT2D eigenvalue weighted by atomic mass is 9.97. The molecule has 2 fully saturated rings. The largest absolute Gasteiger partial charge is 0.316 e. The van der Waals surface area contributed by atoms with Crippen LogP contribution >= 0.6 is 0 Å². The second kappa shape index (κ2) is 4.28. The molecular weight excluding hydrogens is 180 g/mol. The van der Waals surface area contributed by atoms with Gasteiger partial charge < -0.3 is 5.32 Å². The summed E-state index contributed by atoms with van der Waals surface area (Å²) < 4.78 is 0. The van der Waals surface area contributed by atoms with E-state index in [0.29, 0.717) is 12.5 Å². The molecular formula is C10H18N2O2. The van der Waals surface area contributed by atoms with Crippen LogP contribution in [0.1, 0.15) is 19.8 Å². The van der Waals surface area contributed by atoms with Gasteiger partial charge in [0.2, 0.25) is 0 Å². The highest BCUT2D eigenvalue weighted by Crippen LogP contribution is 2.20. The molecule has 2 heterocycles. The smallest absolute Gasteiger partial charge is 0.250 e. The summed E-state index contributed by atoms with van der Waals surface area (Å²) in [6.45, 7) is 5.33. The van der Waals surface area contributed by atoms with Gasteiger partial charge in [0, 0.05) is 13.1 Å². The van der Waals surface area contributed by atoms with E-state index in [9.17, 15) is 4.79 Å². The average Bonchev–Trinajstić information content (AvgIpc) is 2.65. The van der Waals surface area contributed by atoms with Crippen LogP contribution in [0.25, 0.3) is 0 Å². The Morgan fingerprint density at radius 2 is 2.29 bits per heavy atom. The van der Waals surface area contributed by atoms with E-state index in [-0.39, 0.29) is 11.8 Å². The van der Waals surface area contributed by atoms with Crippen LogP contribution in [0.5, 0.6) is 0 Å². The SMILES string of the molecule is C[C@@H]1CNC[C@H]1C(=O)N1CCCCO1. The van der Waals surface area contributed by atoms with Gasteiger partial charge in [-0.3, -0.25) is 9.63 Å². The lowest BCUT2D eigenvalue weighted by Gasteiger charge is -2.29. The first-order valence-corrected chi connectivity index (χ1v) is 5.44. The molecule has 0 bridgehead atoms. The van der Waals surface area contributed by atoms with Crippen LogP contribution in [-0.4, -0.2) is 37.2 Å². The average molecular weight is 198 g/mol. The first-order valence-electron chi connectivity index (χ1n) is 5.44. The second-order valence-electron chi connectivity index (χ2n) is 4.22.